The molecule has 0 spiro atoms. The summed E-state index contributed by atoms with van der Waals surface area (Å²) in [5, 5.41) is 18.7. The normalized spacial score (nSPS) is 42.0. The van der Waals surface area contributed by atoms with Crippen LogP contribution in [0.3, 0.4) is 0 Å². The van der Waals surface area contributed by atoms with Gasteiger partial charge in [-0.3, -0.25) is 0 Å². The topological polar surface area (TPSA) is 68.2 Å². The standard InChI is InChI=1S/C7H14O5/c1-7(9)5(12-4-10-2)3-11-6(7)8/h5-6,8-9H,3-4H2,1-2H3/t5-,6+,7-/m0/s1. The molecule has 0 unspecified atom stereocenters. The lowest BCUT2D eigenvalue weighted by atomic mass is 10.0. The van der Waals surface area contributed by atoms with Crippen molar-refractivity contribution in [3.8, 4) is 0 Å². The summed E-state index contributed by atoms with van der Waals surface area (Å²) in [6, 6.07) is 0. The molecule has 1 fully saturated rings. The highest BCUT2D eigenvalue weighted by molar-refractivity contribution is 4.90. The minimum atomic E-state index is -1.35. The lowest BCUT2D eigenvalue weighted by Crippen LogP contribution is -2.45. The Morgan fingerprint density at radius 1 is 1.67 bits per heavy atom. The minimum Gasteiger partial charge on any atom is -0.382 e. The summed E-state index contributed by atoms with van der Waals surface area (Å²) >= 11 is 0. The number of aliphatic hydroxyl groups is 2. The molecule has 0 aromatic carbocycles. The lowest BCUT2D eigenvalue weighted by molar-refractivity contribution is -0.180. The van der Waals surface area contributed by atoms with Gasteiger partial charge in [-0.25, -0.2) is 0 Å². The molecule has 0 saturated carbocycles. The molecule has 0 radical (unpaired) electrons. The Morgan fingerprint density at radius 3 is 2.75 bits per heavy atom. The minimum absolute atomic E-state index is 0.0803. The number of hydrogen-bond acceptors (Lipinski definition) is 5. The second-order valence-corrected chi connectivity index (χ2v) is 2.97. The van der Waals surface area contributed by atoms with Gasteiger partial charge in [-0.1, -0.05) is 0 Å². The first-order chi connectivity index (χ1) is 5.59. The van der Waals surface area contributed by atoms with Gasteiger partial charge in [-0.2, -0.15) is 0 Å². The van der Waals surface area contributed by atoms with Gasteiger partial charge < -0.3 is 24.4 Å². The first-order valence-corrected chi connectivity index (χ1v) is 3.71. The molecule has 1 rings (SSSR count). The first-order valence-electron chi connectivity index (χ1n) is 3.71. The number of rotatable bonds is 3. The highest BCUT2D eigenvalue weighted by atomic mass is 16.7. The van der Waals surface area contributed by atoms with Crippen molar-refractivity contribution in [1.29, 1.82) is 0 Å². The number of hydrogen-bond donors (Lipinski definition) is 2. The molecule has 0 aromatic rings. The summed E-state index contributed by atoms with van der Waals surface area (Å²) in [5.41, 5.74) is -1.35. The van der Waals surface area contributed by atoms with E-state index in [1.807, 2.05) is 0 Å². The average Bonchev–Trinajstić information content (AvgIpc) is 2.25. The highest BCUT2D eigenvalue weighted by Crippen LogP contribution is 2.26. The molecule has 5 heteroatoms. The quantitative estimate of drug-likeness (QED) is 0.547. The van der Waals surface area contributed by atoms with E-state index in [9.17, 15) is 5.11 Å². The Bertz CT molecular complexity index is 147. The number of aliphatic hydroxyl groups excluding tert-OH is 1. The van der Waals surface area contributed by atoms with Crippen LogP contribution < -0.4 is 0 Å². The molecular formula is C7H14O5. The van der Waals surface area contributed by atoms with Crippen LogP contribution in [0, 0.1) is 0 Å². The van der Waals surface area contributed by atoms with E-state index in [2.05, 4.69) is 4.74 Å². The highest BCUT2D eigenvalue weighted by Gasteiger charge is 2.46. The van der Waals surface area contributed by atoms with E-state index in [-0.39, 0.29) is 13.4 Å². The number of ether oxygens (including phenoxy) is 3. The smallest absolute Gasteiger partial charge is 0.186 e. The van der Waals surface area contributed by atoms with Crippen LogP contribution in [0.1, 0.15) is 6.92 Å². The third kappa shape index (κ3) is 1.75. The van der Waals surface area contributed by atoms with Crippen LogP contribution in [-0.4, -0.2) is 48.7 Å². The van der Waals surface area contributed by atoms with Crippen molar-refractivity contribution < 1.29 is 24.4 Å². The second-order valence-electron chi connectivity index (χ2n) is 2.97. The monoisotopic (exact) mass is 178 g/mol. The molecule has 72 valence electrons. The molecule has 0 amide bonds. The maximum Gasteiger partial charge on any atom is 0.186 e. The summed E-state index contributed by atoms with van der Waals surface area (Å²) in [7, 11) is 1.49. The van der Waals surface area contributed by atoms with Crippen LogP contribution in [-0.2, 0) is 14.2 Å². The third-order valence-electron chi connectivity index (χ3n) is 1.94. The Balaban J connectivity index is 2.44. The van der Waals surface area contributed by atoms with Crippen LogP contribution in [0.5, 0.6) is 0 Å². The molecule has 0 aliphatic carbocycles. The fourth-order valence-electron chi connectivity index (χ4n) is 1.04. The summed E-state index contributed by atoms with van der Waals surface area (Å²) in [5.74, 6) is 0. The molecule has 12 heavy (non-hydrogen) atoms. The van der Waals surface area contributed by atoms with Gasteiger partial charge in [0.1, 0.15) is 18.5 Å². The van der Waals surface area contributed by atoms with Gasteiger partial charge in [-0.05, 0) is 6.92 Å². The van der Waals surface area contributed by atoms with Crippen molar-refractivity contribution in [1.82, 2.24) is 0 Å². The Hall–Kier alpha value is -0.200. The third-order valence-corrected chi connectivity index (χ3v) is 1.94. The molecule has 1 heterocycles. The van der Waals surface area contributed by atoms with Gasteiger partial charge >= 0.3 is 0 Å². The summed E-state index contributed by atoms with van der Waals surface area (Å²) in [4.78, 5) is 0. The van der Waals surface area contributed by atoms with E-state index in [1.54, 1.807) is 0 Å². The van der Waals surface area contributed by atoms with E-state index in [0.717, 1.165) is 0 Å². The summed E-state index contributed by atoms with van der Waals surface area (Å²) in [6.07, 6.45) is -1.72. The van der Waals surface area contributed by atoms with Crippen LogP contribution in [0.2, 0.25) is 0 Å². The Kier molecular flexibility index (Phi) is 3.03. The van der Waals surface area contributed by atoms with E-state index in [1.165, 1.54) is 14.0 Å². The van der Waals surface area contributed by atoms with Crippen molar-refractivity contribution in [2.45, 2.75) is 24.9 Å². The predicted molar refractivity (Wildman–Crippen MR) is 39.3 cm³/mol. The van der Waals surface area contributed by atoms with Crippen molar-refractivity contribution in [2.75, 3.05) is 20.5 Å². The zero-order valence-electron chi connectivity index (χ0n) is 7.19. The molecule has 2 N–H and O–H groups in total. The van der Waals surface area contributed by atoms with Crippen LogP contribution in [0.25, 0.3) is 0 Å². The molecule has 1 aliphatic heterocycles. The molecule has 1 saturated heterocycles. The van der Waals surface area contributed by atoms with Gasteiger partial charge in [0, 0.05) is 7.11 Å². The van der Waals surface area contributed by atoms with Gasteiger partial charge in [0.25, 0.3) is 0 Å². The maximum absolute atomic E-state index is 9.59. The molecular weight excluding hydrogens is 164 g/mol. The van der Waals surface area contributed by atoms with Gasteiger partial charge in [0.05, 0.1) is 6.61 Å². The van der Waals surface area contributed by atoms with E-state index >= 15 is 0 Å². The van der Waals surface area contributed by atoms with Crippen molar-refractivity contribution in [3.05, 3.63) is 0 Å². The zero-order valence-corrected chi connectivity index (χ0v) is 7.19. The van der Waals surface area contributed by atoms with Gasteiger partial charge in [-0.15, -0.1) is 0 Å². The zero-order chi connectivity index (χ0) is 9.19. The van der Waals surface area contributed by atoms with Crippen LogP contribution in [0.4, 0.5) is 0 Å². The predicted octanol–water partition coefficient (Wildman–Crippen LogP) is -0.925. The van der Waals surface area contributed by atoms with Crippen molar-refractivity contribution in [2.24, 2.45) is 0 Å². The average molecular weight is 178 g/mol. The maximum atomic E-state index is 9.59. The SMILES string of the molecule is COCO[C@H]1CO[C@@H](O)[C@@]1(C)O. The fourth-order valence-corrected chi connectivity index (χ4v) is 1.04. The number of methoxy groups -OCH3 is 1. The molecule has 3 atom stereocenters. The van der Waals surface area contributed by atoms with Gasteiger partial charge in [0.15, 0.2) is 6.29 Å². The summed E-state index contributed by atoms with van der Waals surface area (Å²) < 4.78 is 14.5. The Morgan fingerprint density at radius 2 is 2.33 bits per heavy atom. The lowest BCUT2D eigenvalue weighted by Gasteiger charge is -2.25. The van der Waals surface area contributed by atoms with Crippen LogP contribution >= 0.6 is 0 Å². The largest absolute Gasteiger partial charge is 0.382 e. The van der Waals surface area contributed by atoms with E-state index < -0.39 is 18.0 Å². The van der Waals surface area contributed by atoms with Crippen molar-refractivity contribution in [3.63, 3.8) is 0 Å². The molecule has 5 nitrogen and oxygen atoms in total. The Labute approximate surface area is 70.9 Å². The fraction of sp³-hybridized carbons (Fsp3) is 1.00. The molecule has 1 aliphatic rings. The van der Waals surface area contributed by atoms with E-state index in [4.69, 9.17) is 14.6 Å². The van der Waals surface area contributed by atoms with Crippen LogP contribution in [0.15, 0.2) is 0 Å². The molecule has 0 bridgehead atoms. The van der Waals surface area contributed by atoms with Crippen molar-refractivity contribution >= 4 is 0 Å². The van der Waals surface area contributed by atoms with E-state index in [0.29, 0.717) is 0 Å². The van der Waals surface area contributed by atoms with Gasteiger partial charge in [0.2, 0.25) is 0 Å². The first kappa shape index (κ1) is 9.88. The summed E-state index contributed by atoms with van der Waals surface area (Å²) in [6.45, 7) is 1.72. The second kappa shape index (κ2) is 3.68. The molecule has 0 aromatic heterocycles.